The second-order valence-electron chi connectivity index (χ2n) is 5.05. The fraction of sp³-hybridized carbons (Fsp3) is 0.118. The molecular formula is C17H17ClN4. The van der Waals surface area contributed by atoms with Crippen molar-refractivity contribution in [2.75, 3.05) is 10.6 Å². The molecule has 1 unspecified atom stereocenters. The molecule has 5 heteroatoms. The summed E-state index contributed by atoms with van der Waals surface area (Å²) in [5, 5.41) is 10.4. The van der Waals surface area contributed by atoms with Gasteiger partial charge in [0.15, 0.2) is 6.29 Å². The van der Waals surface area contributed by atoms with Crippen molar-refractivity contribution < 1.29 is 0 Å². The van der Waals surface area contributed by atoms with E-state index >= 15 is 0 Å². The van der Waals surface area contributed by atoms with Crippen LogP contribution in [0.4, 0.5) is 11.4 Å². The largest absolute Gasteiger partial charge is 0.347 e. The third-order valence-corrected chi connectivity index (χ3v) is 3.51. The van der Waals surface area contributed by atoms with Crippen molar-refractivity contribution >= 4 is 29.2 Å². The molecule has 0 aromatic heterocycles. The van der Waals surface area contributed by atoms with Gasteiger partial charge in [-0.2, -0.15) is 0 Å². The van der Waals surface area contributed by atoms with Crippen molar-refractivity contribution in [3.63, 3.8) is 0 Å². The predicted molar refractivity (Wildman–Crippen MR) is 93.2 cm³/mol. The zero-order valence-electron chi connectivity index (χ0n) is 12.2. The van der Waals surface area contributed by atoms with Crippen LogP contribution < -0.4 is 16.0 Å². The summed E-state index contributed by atoms with van der Waals surface area (Å²) < 4.78 is 0. The molecule has 1 heterocycles. The molecule has 0 saturated carbocycles. The summed E-state index contributed by atoms with van der Waals surface area (Å²) in [7, 11) is 0. The van der Waals surface area contributed by atoms with E-state index < -0.39 is 0 Å². The van der Waals surface area contributed by atoms with E-state index in [1.807, 2.05) is 42.5 Å². The number of hydrogen-bond donors (Lipinski definition) is 3. The Bertz CT molecular complexity index is 710. The lowest BCUT2D eigenvalue weighted by Crippen LogP contribution is -2.39. The SMILES string of the molecule is Cc1cccc(NC2=C(Cl)C=NC(Nc3ccccc3)N2)c1. The summed E-state index contributed by atoms with van der Waals surface area (Å²) in [6, 6.07) is 18.0. The molecule has 0 aliphatic carbocycles. The highest BCUT2D eigenvalue weighted by Crippen LogP contribution is 2.18. The van der Waals surface area contributed by atoms with Gasteiger partial charge in [-0.3, -0.25) is 0 Å². The molecule has 0 radical (unpaired) electrons. The van der Waals surface area contributed by atoms with E-state index in [0.29, 0.717) is 5.03 Å². The Kier molecular flexibility index (Phi) is 4.30. The zero-order chi connectivity index (χ0) is 15.4. The minimum absolute atomic E-state index is 0.266. The predicted octanol–water partition coefficient (Wildman–Crippen LogP) is 3.88. The van der Waals surface area contributed by atoms with Gasteiger partial charge in [0.2, 0.25) is 0 Å². The Hall–Kier alpha value is -2.46. The first-order valence-corrected chi connectivity index (χ1v) is 7.43. The molecule has 3 rings (SSSR count). The van der Waals surface area contributed by atoms with Crippen LogP contribution in [0.2, 0.25) is 0 Å². The standard InChI is InChI=1S/C17H17ClN4/c1-12-6-5-9-14(10-12)20-16-15(18)11-19-17(22-16)21-13-7-3-2-4-8-13/h2-11,17,20-22H,1H3. The summed E-state index contributed by atoms with van der Waals surface area (Å²) in [4.78, 5) is 4.34. The van der Waals surface area contributed by atoms with Crippen molar-refractivity contribution in [3.8, 4) is 0 Å². The smallest absolute Gasteiger partial charge is 0.195 e. The maximum atomic E-state index is 6.22. The monoisotopic (exact) mass is 312 g/mol. The fourth-order valence-corrected chi connectivity index (χ4v) is 2.33. The Morgan fingerprint density at radius 2 is 1.82 bits per heavy atom. The van der Waals surface area contributed by atoms with Gasteiger partial charge in [-0.15, -0.1) is 0 Å². The average molecular weight is 313 g/mol. The molecule has 0 fully saturated rings. The van der Waals surface area contributed by atoms with Crippen molar-refractivity contribution in [2.45, 2.75) is 13.2 Å². The maximum absolute atomic E-state index is 6.22. The van der Waals surface area contributed by atoms with Crippen LogP contribution in [0.1, 0.15) is 5.56 Å². The second-order valence-corrected chi connectivity index (χ2v) is 5.46. The number of aliphatic imine (C=N–C) groups is 1. The maximum Gasteiger partial charge on any atom is 0.195 e. The first-order valence-electron chi connectivity index (χ1n) is 7.05. The Morgan fingerprint density at radius 1 is 1.05 bits per heavy atom. The second kappa shape index (κ2) is 6.54. The van der Waals surface area contributed by atoms with Crippen molar-refractivity contribution in [2.24, 2.45) is 4.99 Å². The first-order chi connectivity index (χ1) is 10.7. The molecule has 1 aliphatic rings. The number of aryl methyl sites for hydroxylation is 1. The topological polar surface area (TPSA) is 48.5 Å². The lowest BCUT2D eigenvalue weighted by molar-refractivity contribution is 0.653. The van der Waals surface area contributed by atoms with Gasteiger partial charge < -0.3 is 16.0 Å². The molecule has 4 nitrogen and oxygen atoms in total. The van der Waals surface area contributed by atoms with E-state index in [-0.39, 0.29) is 6.29 Å². The fourth-order valence-electron chi connectivity index (χ4n) is 2.18. The van der Waals surface area contributed by atoms with E-state index in [0.717, 1.165) is 17.2 Å². The van der Waals surface area contributed by atoms with Crippen LogP contribution in [0.15, 0.2) is 70.4 Å². The van der Waals surface area contributed by atoms with E-state index in [9.17, 15) is 0 Å². The number of hydrogen-bond acceptors (Lipinski definition) is 4. The third kappa shape index (κ3) is 3.59. The van der Waals surface area contributed by atoms with Crippen LogP contribution in [-0.4, -0.2) is 12.5 Å². The van der Waals surface area contributed by atoms with Gasteiger partial charge >= 0.3 is 0 Å². The third-order valence-electron chi connectivity index (χ3n) is 3.22. The van der Waals surface area contributed by atoms with Crippen molar-refractivity contribution in [1.82, 2.24) is 5.32 Å². The molecule has 2 aromatic rings. The summed E-state index contributed by atoms with van der Waals surface area (Å²) in [6.07, 6.45) is 1.38. The molecule has 2 aromatic carbocycles. The van der Waals surface area contributed by atoms with Gasteiger partial charge in [-0.1, -0.05) is 41.9 Å². The van der Waals surface area contributed by atoms with Gasteiger partial charge in [0, 0.05) is 17.6 Å². The Balaban J connectivity index is 1.70. The molecule has 0 saturated heterocycles. The number of anilines is 2. The summed E-state index contributed by atoms with van der Waals surface area (Å²) in [5.74, 6) is 0.732. The van der Waals surface area contributed by atoms with E-state index in [1.165, 1.54) is 5.56 Å². The molecule has 0 bridgehead atoms. The van der Waals surface area contributed by atoms with Gasteiger partial charge in [-0.25, -0.2) is 4.99 Å². The van der Waals surface area contributed by atoms with Gasteiger partial charge in [0.1, 0.15) is 5.82 Å². The zero-order valence-corrected chi connectivity index (χ0v) is 12.9. The van der Waals surface area contributed by atoms with Crippen LogP contribution in [0, 0.1) is 6.92 Å². The molecule has 1 aliphatic heterocycles. The van der Waals surface area contributed by atoms with Crippen LogP contribution >= 0.6 is 11.6 Å². The summed E-state index contributed by atoms with van der Waals surface area (Å²) in [6.45, 7) is 2.05. The summed E-state index contributed by atoms with van der Waals surface area (Å²) >= 11 is 6.22. The lowest BCUT2D eigenvalue weighted by Gasteiger charge is -2.25. The molecule has 112 valence electrons. The molecule has 0 amide bonds. The number of rotatable bonds is 4. The van der Waals surface area contributed by atoms with Crippen molar-refractivity contribution in [1.29, 1.82) is 0 Å². The van der Waals surface area contributed by atoms with Crippen LogP contribution in [0.25, 0.3) is 0 Å². The number of allylic oxidation sites excluding steroid dienone is 1. The van der Waals surface area contributed by atoms with E-state index in [2.05, 4.69) is 40.0 Å². The number of para-hydroxylation sites is 1. The highest BCUT2D eigenvalue weighted by molar-refractivity contribution is 6.39. The van der Waals surface area contributed by atoms with Gasteiger partial charge in [-0.05, 0) is 36.8 Å². The quantitative estimate of drug-likeness (QED) is 0.803. The molecule has 3 N–H and O–H groups in total. The summed E-state index contributed by atoms with van der Waals surface area (Å²) in [5.41, 5.74) is 3.16. The lowest BCUT2D eigenvalue weighted by atomic mass is 10.2. The number of nitrogens with zero attached hydrogens (tertiary/aromatic N) is 1. The minimum atomic E-state index is -0.266. The van der Waals surface area contributed by atoms with Gasteiger partial charge in [0.25, 0.3) is 0 Å². The van der Waals surface area contributed by atoms with Crippen molar-refractivity contribution in [3.05, 3.63) is 71.0 Å². The number of benzene rings is 2. The Labute approximate surface area is 134 Å². The molecular weight excluding hydrogens is 296 g/mol. The van der Waals surface area contributed by atoms with E-state index in [1.54, 1.807) is 6.21 Å². The molecule has 22 heavy (non-hydrogen) atoms. The molecule has 0 spiro atoms. The van der Waals surface area contributed by atoms with Crippen LogP contribution in [0.3, 0.4) is 0 Å². The average Bonchev–Trinajstić information content (AvgIpc) is 2.52. The normalized spacial score (nSPS) is 17.1. The van der Waals surface area contributed by atoms with Gasteiger partial charge in [0.05, 0.1) is 5.03 Å². The van der Waals surface area contributed by atoms with E-state index in [4.69, 9.17) is 11.6 Å². The Morgan fingerprint density at radius 3 is 2.59 bits per heavy atom. The minimum Gasteiger partial charge on any atom is -0.347 e. The number of nitrogens with one attached hydrogen (secondary N) is 3. The molecule has 1 atom stereocenters. The number of halogens is 1. The van der Waals surface area contributed by atoms with Crippen LogP contribution in [0.5, 0.6) is 0 Å². The van der Waals surface area contributed by atoms with Crippen LogP contribution in [-0.2, 0) is 0 Å². The highest BCUT2D eigenvalue weighted by atomic mass is 35.5. The highest BCUT2D eigenvalue weighted by Gasteiger charge is 2.15. The first kappa shape index (κ1) is 14.5.